The van der Waals surface area contributed by atoms with Crippen molar-refractivity contribution in [2.45, 2.75) is 32.4 Å². The first kappa shape index (κ1) is 20.6. The second-order valence-corrected chi connectivity index (χ2v) is 6.19. The van der Waals surface area contributed by atoms with Crippen LogP contribution in [0.2, 0.25) is 0 Å². The van der Waals surface area contributed by atoms with Gasteiger partial charge in [0.1, 0.15) is 0 Å². The lowest BCUT2D eigenvalue weighted by Crippen LogP contribution is -2.63. The van der Waals surface area contributed by atoms with Gasteiger partial charge >= 0.3 is 0 Å². The van der Waals surface area contributed by atoms with Gasteiger partial charge in [0.2, 0.25) is 5.91 Å². The van der Waals surface area contributed by atoms with Crippen LogP contribution in [0.5, 0.6) is 0 Å². The van der Waals surface area contributed by atoms with Gasteiger partial charge in [0.15, 0.2) is 5.96 Å². The molecule has 0 spiro atoms. The molecule has 3 N–H and O–H groups in total. The average Bonchev–Trinajstić information content (AvgIpc) is 2.54. The van der Waals surface area contributed by atoms with Crippen LogP contribution >= 0.6 is 24.0 Å². The van der Waals surface area contributed by atoms with Crippen LogP contribution in [0.4, 0.5) is 5.69 Å². The predicted octanol–water partition coefficient (Wildman–Crippen LogP) is 1.62. The number of pyridine rings is 1. The van der Waals surface area contributed by atoms with E-state index in [-0.39, 0.29) is 54.0 Å². The Morgan fingerprint density at radius 1 is 1.50 bits per heavy atom. The molecule has 1 fully saturated rings. The lowest BCUT2D eigenvalue weighted by Gasteiger charge is -2.51. The van der Waals surface area contributed by atoms with Crippen LogP contribution in [0.3, 0.4) is 0 Å². The second kappa shape index (κ2) is 9.16. The number of ether oxygens (including phenoxy) is 1. The monoisotopic (exact) mass is 447 g/mol. The lowest BCUT2D eigenvalue weighted by molar-refractivity contribution is -0.115. The highest BCUT2D eigenvalue weighted by Crippen LogP contribution is 2.42. The first-order valence-corrected chi connectivity index (χ1v) is 7.67. The van der Waals surface area contributed by atoms with E-state index in [0.29, 0.717) is 11.6 Å². The summed E-state index contributed by atoms with van der Waals surface area (Å²) < 4.78 is 5.44. The maximum atomic E-state index is 11.9. The number of methoxy groups -OCH3 is 1. The number of nitrogens with zero attached hydrogens (tertiary/aromatic N) is 2. The largest absolute Gasteiger partial charge is 0.381 e. The number of rotatable bonds is 5. The van der Waals surface area contributed by atoms with E-state index in [9.17, 15) is 4.79 Å². The summed E-state index contributed by atoms with van der Waals surface area (Å²) in [6.45, 7) is 4.45. The highest BCUT2D eigenvalue weighted by molar-refractivity contribution is 14.0. The SMILES string of the molecule is CN=C(NCC(=O)Nc1cccnc1)NC1CC(OC)C1(C)C.I. The van der Waals surface area contributed by atoms with E-state index >= 15 is 0 Å². The van der Waals surface area contributed by atoms with Crippen LogP contribution in [0.15, 0.2) is 29.5 Å². The fraction of sp³-hybridized carbons (Fsp3) is 0.562. The van der Waals surface area contributed by atoms with E-state index in [4.69, 9.17) is 4.74 Å². The number of halogens is 1. The first-order chi connectivity index (χ1) is 11.0. The van der Waals surface area contributed by atoms with E-state index < -0.39 is 0 Å². The van der Waals surface area contributed by atoms with Crippen molar-refractivity contribution in [1.29, 1.82) is 0 Å². The van der Waals surface area contributed by atoms with E-state index in [1.807, 2.05) is 0 Å². The van der Waals surface area contributed by atoms with Gasteiger partial charge in [-0.3, -0.25) is 14.8 Å². The fourth-order valence-corrected chi connectivity index (χ4v) is 2.70. The minimum atomic E-state index is -0.149. The average molecular weight is 447 g/mol. The van der Waals surface area contributed by atoms with Gasteiger partial charge in [-0.2, -0.15) is 0 Å². The quantitative estimate of drug-likeness (QED) is 0.363. The molecule has 0 aromatic carbocycles. The Morgan fingerprint density at radius 2 is 2.25 bits per heavy atom. The Balaban J connectivity index is 0.00000288. The molecule has 1 amide bonds. The van der Waals surface area contributed by atoms with Crippen molar-refractivity contribution in [2.24, 2.45) is 10.4 Å². The van der Waals surface area contributed by atoms with Crippen LogP contribution in [-0.2, 0) is 9.53 Å². The molecular formula is C16H26IN5O2. The Hall–Kier alpha value is -1.42. The van der Waals surface area contributed by atoms with Gasteiger partial charge in [0.05, 0.1) is 24.5 Å². The molecule has 1 aromatic heterocycles. The number of anilines is 1. The molecule has 0 radical (unpaired) electrons. The molecule has 24 heavy (non-hydrogen) atoms. The molecule has 0 bridgehead atoms. The summed E-state index contributed by atoms with van der Waals surface area (Å²) >= 11 is 0. The smallest absolute Gasteiger partial charge is 0.243 e. The number of aliphatic imine (C=N–C) groups is 1. The van der Waals surface area contributed by atoms with E-state index in [1.165, 1.54) is 0 Å². The molecule has 1 aliphatic rings. The first-order valence-electron chi connectivity index (χ1n) is 7.67. The van der Waals surface area contributed by atoms with Crippen molar-refractivity contribution in [3.05, 3.63) is 24.5 Å². The van der Waals surface area contributed by atoms with Gasteiger partial charge in [-0.15, -0.1) is 24.0 Å². The topological polar surface area (TPSA) is 87.6 Å². The summed E-state index contributed by atoms with van der Waals surface area (Å²) in [5.74, 6) is 0.461. The lowest BCUT2D eigenvalue weighted by atomic mass is 9.64. The number of hydrogen-bond donors (Lipinski definition) is 3. The summed E-state index contributed by atoms with van der Waals surface area (Å²) in [7, 11) is 3.42. The fourth-order valence-electron chi connectivity index (χ4n) is 2.70. The van der Waals surface area contributed by atoms with Crippen molar-refractivity contribution in [3.63, 3.8) is 0 Å². The zero-order valence-corrected chi connectivity index (χ0v) is 16.8. The summed E-state index contributed by atoms with van der Waals surface area (Å²) in [5.41, 5.74) is 0.704. The summed E-state index contributed by atoms with van der Waals surface area (Å²) in [4.78, 5) is 20.0. The minimum Gasteiger partial charge on any atom is -0.381 e. The number of carbonyl (C=O) groups is 1. The molecule has 2 rings (SSSR count). The van der Waals surface area contributed by atoms with Gasteiger partial charge in [-0.25, -0.2) is 0 Å². The Bertz CT molecular complexity index is 565. The number of amides is 1. The third-order valence-electron chi connectivity index (χ3n) is 4.36. The van der Waals surface area contributed by atoms with Crippen molar-refractivity contribution in [3.8, 4) is 0 Å². The highest BCUT2D eigenvalue weighted by Gasteiger charge is 2.48. The van der Waals surface area contributed by atoms with Crippen LogP contribution < -0.4 is 16.0 Å². The van der Waals surface area contributed by atoms with E-state index in [1.54, 1.807) is 38.7 Å². The van der Waals surface area contributed by atoms with Gasteiger partial charge < -0.3 is 20.7 Å². The zero-order chi connectivity index (χ0) is 16.9. The number of guanidine groups is 1. The third kappa shape index (κ3) is 5.04. The molecule has 1 aliphatic carbocycles. The Labute approximate surface area is 160 Å². The molecule has 1 heterocycles. The number of nitrogens with one attached hydrogen (secondary N) is 3. The van der Waals surface area contributed by atoms with Gasteiger partial charge in [-0.1, -0.05) is 13.8 Å². The molecule has 1 saturated carbocycles. The second-order valence-electron chi connectivity index (χ2n) is 6.19. The van der Waals surface area contributed by atoms with Crippen LogP contribution in [-0.4, -0.2) is 49.7 Å². The molecule has 2 atom stereocenters. The van der Waals surface area contributed by atoms with Crippen molar-refractivity contribution < 1.29 is 9.53 Å². The highest BCUT2D eigenvalue weighted by atomic mass is 127. The maximum Gasteiger partial charge on any atom is 0.243 e. The van der Waals surface area contributed by atoms with Crippen molar-refractivity contribution in [2.75, 3.05) is 26.0 Å². The zero-order valence-electron chi connectivity index (χ0n) is 14.5. The summed E-state index contributed by atoms with van der Waals surface area (Å²) in [6, 6.07) is 3.83. The number of aromatic nitrogens is 1. The molecule has 0 aliphatic heterocycles. The molecule has 7 nitrogen and oxygen atoms in total. The molecule has 134 valence electrons. The summed E-state index contributed by atoms with van der Waals surface area (Å²) in [5, 5.41) is 9.14. The number of hydrogen-bond acceptors (Lipinski definition) is 4. The van der Waals surface area contributed by atoms with Gasteiger partial charge in [0, 0.05) is 31.8 Å². The van der Waals surface area contributed by atoms with Gasteiger partial charge in [0.25, 0.3) is 0 Å². The van der Waals surface area contributed by atoms with E-state index in [0.717, 1.165) is 6.42 Å². The number of carbonyl (C=O) groups excluding carboxylic acids is 1. The minimum absolute atomic E-state index is 0. The Morgan fingerprint density at radius 3 is 2.79 bits per heavy atom. The van der Waals surface area contributed by atoms with Crippen LogP contribution in [0.1, 0.15) is 20.3 Å². The van der Waals surface area contributed by atoms with Gasteiger partial charge in [-0.05, 0) is 18.6 Å². The van der Waals surface area contributed by atoms with Crippen LogP contribution in [0, 0.1) is 5.41 Å². The molecule has 8 heteroatoms. The van der Waals surface area contributed by atoms with E-state index in [2.05, 4.69) is 39.8 Å². The van der Waals surface area contributed by atoms with Crippen molar-refractivity contribution >= 4 is 41.5 Å². The Kier molecular flexibility index (Phi) is 7.88. The molecule has 0 saturated heterocycles. The molecule has 1 aromatic rings. The third-order valence-corrected chi connectivity index (χ3v) is 4.36. The van der Waals surface area contributed by atoms with Crippen molar-refractivity contribution in [1.82, 2.24) is 15.6 Å². The molecule has 2 unspecified atom stereocenters. The predicted molar refractivity (Wildman–Crippen MR) is 106 cm³/mol. The standard InChI is InChI=1S/C16H25N5O2.HI/c1-16(2)12(8-13(16)23-4)21-15(17-3)19-10-14(22)20-11-6-5-7-18-9-11;/h5-7,9,12-13H,8,10H2,1-4H3,(H,20,22)(H2,17,19,21);1H. The van der Waals surface area contributed by atoms with Crippen LogP contribution in [0.25, 0.3) is 0 Å². The normalized spacial score (nSPS) is 21.9. The molecular weight excluding hydrogens is 421 g/mol. The maximum absolute atomic E-state index is 11.9. The summed E-state index contributed by atoms with van der Waals surface area (Å²) in [6.07, 6.45) is 4.43.